The van der Waals surface area contributed by atoms with Gasteiger partial charge in [-0.25, -0.2) is 0 Å². The summed E-state index contributed by atoms with van der Waals surface area (Å²) < 4.78 is 28.3. The minimum absolute atomic E-state index is 0.0181. The molecule has 0 saturated heterocycles. The third-order valence-electron chi connectivity index (χ3n) is 3.00. The maximum Gasteiger partial charge on any atom is 0.387 e. The lowest BCUT2D eigenvalue weighted by molar-refractivity contribution is -0.0498. The van der Waals surface area contributed by atoms with Crippen LogP contribution in [0, 0.1) is 11.3 Å². The number of nitrogens with one attached hydrogen (secondary N) is 2. The van der Waals surface area contributed by atoms with E-state index in [-0.39, 0.29) is 23.7 Å². The van der Waals surface area contributed by atoms with Gasteiger partial charge in [-0.15, -0.1) is 0 Å². The van der Waals surface area contributed by atoms with Gasteiger partial charge in [0.2, 0.25) is 0 Å². The highest BCUT2D eigenvalue weighted by Crippen LogP contribution is 2.19. The van der Waals surface area contributed by atoms with Gasteiger partial charge in [0, 0.05) is 6.54 Å². The second-order valence-corrected chi connectivity index (χ2v) is 4.57. The number of rotatable bonds is 6. The van der Waals surface area contributed by atoms with Crippen molar-refractivity contribution >= 4 is 5.91 Å². The Bertz CT molecular complexity index is 708. The molecule has 2 aromatic rings. The minimum Gasteiger partial charge on any atom is -0.435 e. The van der Waals surface area contributed by atoms with E-state index in [2.05, 4.69) is 15.0 Å². The van der Waals surface area contributed by atoms with Crippen LogP contribution in [-0.2, 0) is 0 Å². The lowest BCUT2D eigenvalue weighted by Gasteiger charge is -2.12. The van der Waals surface area contributed by atoms with E-state index in [1.807, 2.05) is 6.07 Å². The number of nitrogens with zero attached hydrogens (tertiary/aromatic N) is 1. The maximum absolute atomic E-state index is 12.0. The van der Waals surface area contributed by atoms with Crippen LogP contribution in [-0.4, -0.2) is 29.2 Å². The number of hydrogen-bond donors (Lipinski definition) is 3. The zero-order valence-electron chi connectivity index (χ0n) is 11.8. The molecule has 2 rings (SSSR count). The fraction of sp³-hybridized carbons (Fsp3) is 0.200. The number of aromatic nitrogens is 1. The maximum atomic E-state index is 12.0. The quantitative estimate of drug-likeness (QED) is 0.757. The standard InChI is InChI=1S/C15H13F2N3O3/c16-15(17)23-11-4-1-9(2-5-11)13(21)8-19-14(22)12-6-3-10(7-18)20-12/h1-6,13,15,20-21H,8H2,(H,19,22). The van der Waals surface area contributed by atoms with Crippen molar-refractivity contribution in [1.29, 1.82) is 5.26 Å². The number of aliphatic hydroxyl groups is 1. The first-order valence-electron chi connectivity index (χ1n) is 6.59. The van der Waals surface area contributed by atoms with Crippen molar-refractivity contribution in [2.75, 3.05) is 6.54 Å². The molecule has 0 aliphatic heterocycles. The van der Waals surface area contributed by atoms with Gasteiger partial charge in [0.1, 0.15) is 23.2 Å². The van der Waals surface area contributed by atoms with Crippen LogP contribution in [0.1, 0.15) is 27.8 Å². The molecule has 0 spiro atoms. The monoisotopic (exact) mass is 321 g/mol. The number of H-pyrrole nitrogens is 1. The number of aliphatic hydroxyl groups excluding tert-OH is 1. The molecule has 1 aromatic heterocycles. The second-order valence-electron chi connectivity index (χ2n) is 4.57. The van der Waals surface area contributed by atoms with Crippen LogP contribution in [0.2, 0.25) is 0 Å². The van der Waals surface area contributed by atoms with Gasteiger partial charge in [0.05, 0.1) is 6.10 Å². The zero-order chi connectivity index (χ0) is 16.8. The number of carbonyl (C=O) groups is 1. The predicted octanol–water partition coefficient (Wildman–Crippen LogP) is 1.95. The molecule has 0 bridgehead atoms. The average molecular weight is 321 g/mol. The van der Waals surface area contributed by atoms with Crippen molar-refractivity contribution < 1.29 is 23.4 Å². The molecular formula is C15H13F2N3O3. The van der Waals surface area contributed by atoms with Crippen molar-refractivity contribution in [2.24, 2.45) is 0 Å². The number of amides is 1. The van der Waals surface area contributed by atoms with Crippen molar-refractivity contribution in [3.05, 3.63) is 53.3 Å². The van der Waals surface area contributed by atoms with E-state index >= 15 is 0 Å². The van der Waals surface area contributed by atoms with Crippen LogP contribution in [0.5, 0.6) is 5.75 Å². The van der Waals surface area contributed by atoms with Crippen LogP contribution in [0.25, 0.3) is 0 Å². The van der Waals surface area contributed by atoms with Gasteiger partial charge in [-0.1, -0.05) is 12.1 Å². The summed E-state index contributed by atoms with van der Waals surface area (Å²) in [7, 11) is 0. The summed E-state index contributed by atoms with van der Waals surface area (Å²) in [5.74, 6) is -0.487. The Kier molecular flexibility index (Phi) is 5.28. The number of nitriles is 1. The number of hydrogen-bond acceptors (Lipinski definition) is 4. The van der Waals surface area contributed by atoms with Crippen molar-refractivity contribution in [1.82, 2.24) is 10.3 Å². The summed E-state index contributed by atoms with van der Waals surface area (Å²) in [4.78, 5) is 14.4. The summed E-state index contributed by atoms with van der Waals surface area (Å²) in [5, 5.41) is 21.1. The average Bonchev–Trinajstić information content (AvgIpc) is 3.01. The molecule has 1 amide bonds. The number of alkyl halides is 2. The van der Waals surface area contributed by atoms with E-state index in [1.165, 1.54) is 36.4 Å². The van der Waals surface area contributed by atoms with Gasteiger partial charge < -0.3 is 20.1 Å². The van der Waals surface area contributed by atoms with Gasteiger partial charge in [-0.05, 0) is 29.8 Å². The third kappa shape index (κ3) is 4.52. The highest BCUT2D eigenvalue weighted by molar-refractivity contribution is 5.92. The molecule has 1 aromatic carbocycles. The molecule has 1 heterocycles. The summed E-state index contributed by atoms with van der Waals surface area (Å²) in [6, 6.07) is 10.2. The lowest BCUT2D eigenvalue weighted by Crippen LogP contribution is -2.28. The smallest absolute Gasteiger partial charge is 0.387 e. The molecule has 0 radical (unpaired) electrons. The summed E-state index contributed by atoms with van der Waals surface area (Å²) in [6.07, 6.45) is -1.01. The second kappa shape index (κ2) is 7.38. The Labute approximate surface area is 130 Å². The van der Waals surface area contributed by atoms with E-state index in [0.717, 1.165) is 0 Å². The number of carbonyl (C=O) groups excluding carboxylic acids is 1. The van der Waals surface area contributed by atoms with Crippen molar-refractivity contribution in [3.63, 3.8) is 0 Å². The van der Waals surface area contributed by atoms with Crippen molar-refractivity contribution in [2.45, 2.75) is 12.7 Å². The molecule has 0 saturated carbocycles. The predicted molar refractivity (Wildman–Crippen MR) is 75.9 cm³/mol. The van der Waals surface area contributed by atoms with E-state index in [1.54, 1.807) is 0 Å². The van der Waals surface area contributed by atoms with Crippen LogP contribution in [0.15, 0.2) is 36.4 Å². The molecule has 6 nitrogen and oxygen atoms in total. The molecule has 0 fully saturated rings. The molecule has 1 unspecified atom stereocenters. The molecule has 3 N–H and O–H groups in total. The molecule has 1 atom stereocenters. The van der Waals surface area contributed by atoms with E-state index < -0.39 is 18.6 Å². The Hall–Kier alpha value is -2.92. The van der Waals surface area contributed by atoms with Gasteiger partial charge >= 0.3 is 6.61 Å². The van der Waals surface area contributed by atoms with Gasteiger partial charge in [0.15, 0.2) is 0 Å². The molecule has 120 valence electrons. The first kappa shape index (κ1) is 16.5. The summed E-state index contributed by atoms with van der Waals surface area (Å²) >= 11 is 0. The van der Waals surface area contributed by atoms with E-state index in [4.69, 9.17) is 5.26 Å². The summed E-state index contributed by atoms with van der Waals surface area (Å²) in [5.41, 5.74) is 0.899. The number of ether oxygens (including phenoxy) is 1. The molecular weight excluding hydrogens is 308 g/mol. The topological polar surface area (TPSA) is 98.1 Å². The Morgan fingerprint density at radius 1 is 1.30 bits per heavy atom. The Morgan fingerprint density at radius 3 is 2.57 bits per heavy atom. The van der Waals surface area contributed by atoms with Gasteiger partial charge in [-0.2, -0.15) is 14.0 Å². The fourth-order valence-corrected chi connectivity index (χ4v) is 1.87. The van der Waals surface area contributed by atoms with Crippen LogP contribution in [0.4, 0.5) is 8.78 Å². The first-order valence-corrected chi connectivity index (χ1v) is 6.59. The zero-order valence-corrected chi connectivity index (χ0v) is 11.8. The number of benzene rings is 1. The Balaban J connectivity index is 1.90. The SMILES string of the molecule is N#Cc1ccc(C(=O)NCC(O)c2ccc(OC(F)F)cc2)[nH]1. The molecule has 23 heavy (non-hydrogen) atoms. The number of aromatic amines is 1. The van der Waals surface area contributed by atoms with Gasteiger partial charge in [0.25, 0.3) is 5.91 Å². The highest BCUT2D eigenvalue weighted by atomic mass is 19.3. The largest absolute Gasteiger partial charge is 0.435 e. The first-order chi connectivity index (χ1) is 11.0. The van der Waals surface area contributed by atoms with E-state index in [0.29, 0.717) is 5.56 Å². The van der Waals surface area contributed by atoms with Crippen LogP contribution in [0.3, 0.4) is 0 Å². The van der Waals surface area contributed by atoms with Crippen LogP contribution >= 0.6 is 0 Å². The van der Waals surface area contributed by atoms with Crippen LogP contribution < -0.4 is 10.1 Å². The molecule has 0 aliphatic rings. The van der Waals surface area contributed by atoms with E-state index in [9.17, 15) is 18.7 Å². The number of halogens is 2. The lowest BCUT2D eigenvalue weighted by atomic mass is 10.1. The minimum atomic E-state index is -2.91. The molecule has 0 aliphatic carbocycles. The normalized spacial score (nSPS) is 11.8. The summed E-state index contributed by atoms with van der Waals surface area (Å²) in [6.45, 7) is -2.99. The third-order valence-corrected chi connectivity index (χ3v) is 3.00. The van der Waals surface area contributed by atoms with Gasteiger partial charge in [-0.3, -0.25) is 4.79 Å². The fourth-order valence-electron chi connectivity index (χ4n) is 1.87. The molecule has 8 heteroatoms. The van der Waals surface area contributed by atoms with Crippen molar-refractivity contribution in [3.8, 4) is 11.8 Å². The Morgan fingerprint density at radius 2 is 2.00 bits per heavy atom. The highest BCUT2D eigenvalue weighted by Gasteiger charge is 2.13.